The van der Waals surface area contributed by atoms with E-state index in [9.17, 15) is 4.79 Å². The van der Waals surface area contributed by atoms with Gasteiger partial charge in [-0.1, -0.05) is 0 Å². The Kier molecular flexibility index (Phi) is 10.7. The number of nitrogens with zero attached hydrogens (tertiary/aromatic N) is 1. The molecule has 0 aromatic rings. The van der Waals surface area contributed by atoms with Gasteiger partial charge in [-0.25, -0.2) is 0 Å². The van der Waals surface area contributed by atoms with Gasteiger partial charge in [-0.05, 0) is 32.5 Å². The van der Waals surface area contributed by atoms with Crippen molar-refractivity contribution in [3.05, 3.63) is 0 Å². The molecule has 0 rings (SSSR count). The number of nitrogens with one attached hydrogen (secondary N) is 2. The number of thiocarbonyl (C=S) groups is 1. The highest BCUT2D eigenvalue weighted by molar-refractivity contribution is 7.80. The van der Waals surface area contributed by atoms with E-state index in [0.29, 0.717) is 18.1 Å². The van der Waals surface area contributed by atoms with Gasteiger partial charge in [-0.2, -0.15) is 0 Å². The van der Waals surface area contributed by atoms with Gasteiger partial charge in [0.2, 0.25) is 5.91 Å². The molecule has 0 aromatic heterocycles. The van der Waals surface area contributed by atoms with E-state index >= 15 is 0 Å². The molecule has 0 saturated carbocycles. The summed E-state index contributed by atoms with van der Waals surface area (Å²) in [5.74, 6) is 0.162. The van der Waals surface area contributed by atoms with Gasteiger partial charge in [0, 0.05) is 46.3 Å². The third-order valence-corrected chi connectivity index (χ3v) is 2.84. The second-order valence-electron chi connectivity index (χ2n) is 3.85. The lowest BCUT2D eigenvalue weighted by Crippen LogP contribution is -2.39. The fourth-order valence-electron chi connectivity index (χ4n) is 1.50. The third kappa shape index (κ3) is 8.25. The van der Waals surface area contributed by atoms with Gasteiger partial charge in [0.05, 0.1) is 0 Å². The average Bonchev–Trinajstić information content (AvgIpc) is 2.36. The number of carbonyl (C=O) groups is 1. The van der Waals surface area contributed by atoms with Gasteiger partial charge in [0.25, 0.3) is 0 Å². The first-order chi connectivity index (χ1) is 8.65. The van der Waals surface area contributed by atoms with Crippen molar-refractivity contribution in [2.45, 2.75) is 26.7 Å². The van der Waals surface area contributed by atoms with Crippen LogP contribution in [-0.4, -0.2) is 55.8 Å². The Morgan fingerprint density at radius 2 is 1.83 bits per heavy atom. The molecule has 0 spiro atoms. The van der Waals surface area contributed by atoms with Gasteiger partial charge >= 0.3 is 0 Å². The zero-order chi connectivity index (χ0) is 13.8. The lowest BCUT2D eigenvalue weighted by Gasteiger charge is -2.18. The van der Waals surface area contributed by atoms with Crippen LogP contribution in [0.1, 0.15) is 26.7 Å². The molecule has 0 aliphatic carbocycles. The minimum atomic E-state index is 0.162. The molecule has 0 unspecified atom stereocenters. The maximum Gasteiger partial charge on any atom is 0.224 e. The molecular weight excluding hydrogens is 250 g/mol. The normalized spacial score (nSPS) is 9.94. The van der Waals surface area contributed by atoms with Crippen LogP contribution in [0.4, 0.5) is 0 Å². The zero-order valence-electron chi connectivity index (χ0n) is 11.6. The van der Waals surface area contributed by atoms with E-state index < -0.39 is 0 Å². The van der Waals surface area contributed by atoms with Crippen LogP contribution in [0.15, 0.2) is 0 Å². The van der Waals surface area contributed by atoms with Crippen LogP contribution in [0.2, 0.25) is 0 Å². The molecule has 0 aliphatic rings. The summed E-state index contributed by atoms with van der Waals surface area (Å²) in [5.41, 5.74) is 0. The van der Waals surface area contributed by atoms with Gasteiger partial charge in [0.1, 0.15) is 0 Å². The SMILES string of the molecule is CCN(CC)C(=O)CCNC(=S)NCCCOC. The van der Waals surface area contributed by atoms with E-state index in [4.69, 9.17) is 17.0 Å². The van der Waals surface area contributed by atoms with E-state index in [2.05, 4.69) is 10.6 Å². The molecule has 0 atom stereocenters. The molecule has 0 bridgehead atoms. The molecule has 18 heavy (non-hydrogen) atoms. The van der Waals surface area contributed by atoms with Crippen molar-refractivity contribution >= 4 is 23.2 Å². The van der Waals surface area contributed by atoms with Crippen LogP contribution >= 0.6 is 12.2 Å². The number of hydrogen-bond donors (Lipinski definition) is 2. The molecule has 106 valence electrons. The molecule has 0 heterocycles. The summed E-state index contributed by atoms with van der Waals surface area (Å²) < 4.78 is 4.93. The Morgan fingerprint density at radius 3 is 2.39 bits per heavy atom. The number of ether oxygens (including phenoxy) is 1. The average molecular weight is 275 g/mol. The predicted octanol–water partition coefficient (Wildman–Crippen LogP) is 0.746. The Labute approximate surface area is 115 Å². The van der Waals surface area contributed by atoms with Crippen molar-refractivity contribution in [3.8, 4) is 0 Å². The highest BCUT2D eigenvalue weighted by Gasteiger charge is 2.08. The summed E-state index contributed by atoms with van der Waals surface area (Å²) in [4.78, 5) is 13.5. The van der Waals surface area contributed by atoms with E-state index in [1.54, 1.807) is 7.11 Å². The lowest BCUT2D eigenvalue weighted by molar-refractivity contribution is -0.130. The summed E-state index contributed by atoms with van der Waals surface area (Å²) in [6.07, 6.45) is 1.39. The minimum absolute atomic E-state index is 0.162. The Hall–Kier alpha value is -0.880. The topological polar surface area (TPSA) is 53.6 Å². The van der Waals surface area contributed by atoms with Gasteiger partial charge in [0.15, 0.2) is 5.11 Å². The third-order valence-electron chi connectivity index (χ3n) is 2.55. The summed E-state index contributed by atoms with van der Waals surface area (Å²) >= 11 is 5.09. The fourth-order valence-corrected chi connectivity index (χ4v) is 1.70. The highest BCUT2D eigenvalue weighted by atomic mass is 32.1. The molecule has 0 fully saturated rings. The van der Waals surface area contributed by atoms with E-state index in [0.717, 1.165) is 32.7 Å². The van der Waals surface area contributed by atoms with Gasteiger partial charge in [-0.3, -0.25) is 4.79 Å². The molecule has 2 N–H and O–H groups in total. The van der Waals surface area contributed by atoms with Crippen molar-refractivity contribution in [2.75, 3.05) is 39.9 Å². The van der Waals surface area contributed by atoms with Crippen LogP contribution in [0.3, 0.4) is 0 Å². The monoisotopic (exact) mass is 275 g/mol. The van der Waals surface area contributed by atoms with Crippen LogP contribution in [0.5, 0.6) is 0 Å². The molecule has 6 heteroatoms. The van der Waals surface area contributed by atoms with Crippen LogP contribution < -0.4 is 10.6 Å². The van der Waals surface area contributed by atoms with Crippen molar-refractivity contribution in [3.63, 3.8) is 0 Å². The first-order valence-corrected chi connectivity index (χ1v) is 6.84. The maximum atomic E-state index is 11.7. The summed E-state index contributed by atoms with van der Waals surface area (Å²) in [6.45, 7) is 7.56. The molecule has 0 radical (unpaired) electrons. The summed E-state index contributed by atoms with van der Waals surface area (Å²) in [6, 6.07) is 0. The smallest absolute Gasteiger partial charge is 0.224 e. The highest BCUT2D eigenvalue weighted by Crippen LogP contribution is 1.92. The summed E-state index contributed by atoms with van der Waals surface area (Å²) in [5, 5.41) is 6.69. The second-order valence-corrected chi connectivity index (χ2v) is 4.25. The summed E-state index contributed by atoms with van der Waals surface area (Å²) in [7, 11) is 1.68. The molecule has 5 nitrogen and oxygen atoms in total. The first-order valence-electron chi connectivity index (χ1n) is 6.44. The lowest BCUT2D eigenvalue weighted by atomic mass is 10.3. The van der Waals surface area contributed by atoms with E-state index in [-0.39, 0.29) is 5.91 Å². The van der Waals surface area contributed by atoms with Crippen LogP contribution in [0, 0.1) is 0 Å². The minimum Gasteiger partial charge on any atom is -0.385 e. The molecule has 1 amide bonds. The molecular formula is C12H25N3O2S. The molecule has 0 saturated heterocycles. The number of amides is 1. The number of rotatable bonds is 9. The second kappa shape index (κ2) is 11.2. The van der Waals surface area contributed by atoms with Gasteiger partial charge in [-0.15, -0.1) is 0 Å². The predicted molar refractivity (Wildman–Crippen MR) is 77.6 cm³/mol. The number of methoxy groups -OCH3 is 1. The van der Waals surface area contributed by atoms with Crippen molar-refractivity contribution in [1.29, 1.82) is 0 Å². The Bertz CT molecular complexity index is 245. The largest absolute Gasteiger partial charge is 0.385 e. The van der Waals surface area contributed by atoms with E-state index in [1.165, 1.54) is 0 Å². The number of hydrogen-bond acceptors (Lipinski definition) is 3. The molecule has 0 aliphatic heterocycles. The Balaban J connectivity index is 3.58. The standard InChI is InChI=1S/C12H25N3O2S/c1-4-15(5-2)11(16)7-9-14-12(18)13-8-6-10-17-3/h4-10H2,1-3H3,(H2,13,14,18). The van der Waals surface area contributed by atoms with Gasteiger partial charge < -0.3 is 20.3 Å². The maximum absolute atomic E-state index is 11.7. The van der Waals surface area contributed by atoms with E-state index in [1.807, 2.05) is 18.7 Å². The van der Waals surface area contributed by atoms with Crippen molar-refractivity contribution in [1.82, 2.24) is 15.5 Å². The fraction of sp³-hybridized carbons (Fsp3) is 0.833. The van der Waals surface area contributed by atoms with Crippen LogP contribution in [-0.2, 0) is 9.53 Å². The van der Waals surface area contributed by atoms with Crippen LogP contribution in [0.25, 0.3) is 0 Å². The molecule has 0 aromatic carbocycles. The van der Waals surface area contributed by atoms with Crippen molar-refractivity contribution < 1.29 is 9.53 Å². The Morgan fingerprint density at radius 1 is 1.22 bits per heavy atom. The first kappa shape index (κ1) is 17.1. The number of carbonyl (C=O) groups excluding carboxylic acids is 1. The van der Waals surface area contributed by atoms with Crippen molar-refractivity contribution in [2.24, 2.45) is 0 Å². The quantitative estimate of drug-likeness (QED) is 0.480. The zero-order valence-corrected chi connectivity index (χ0v) is 12.4.